The zero-order chi connectivity index (χ0) is 14.5. The maximum atomic E-state index is 5.19. The Morgan fingerprint density at radius 3 is 2.43 bits per heavy atom. The van der Waals surface area contributed by atoms with Crippen LogP contribution in [0.2, 0.25) is 0 Å². The van der Waals surface area contributed by atoms with E-state index in [1.54, 1.807) is 18.4 Å². The highest BCUT2D eigenvalue weighted by Gasteiger charge is 2.16. The van der Waals surface area contributed by atoms with Gasteiger partial charge in [0.05, 0.1) is 7.11 Å². The first-order valence-electron chi connectivity index (χ1n) is 6.72. The molecule has 3 nitrogen and oxygen atoms in total. The molecule has 1 aromatic heterocycles. The summed E-state index contributed by atoms with van der Waals surface area (Å²) in [5, 5.41) is 6.60. The van der Waals surface area contributed by atoms with Gasteiger partial charge in [-0.3, -0.25) is 0 Å². The van der Waals surface area contributed by atoms with Crippen LogP contribution in [0.1, 0.15) is 16.6 Å². The van der Waals surface area contributed by atoms with Gasteiger partial charge >= 0.3 is 0 Å². The molecule has 0 aliphatic rings. The Hall–Kier alpha value is -2.33. The fraction of sp³-hybridized carbons (Fsp3) is 0.118. The van der Waals surface area contributed by atoms with Crippen molar-refractivity contribution in [1.29, 1.82) is 0 Å². The minimum Gasteiger partial charge on any atom is -0.497 e. The van der Waals surface area contributed by atoms with E-state index in [9.17, 15) is 0 Å². The van der Waals surface area contributed by atoms with Crippen molar-refractivity contribution in [3.63, 3.8) is 0 Å². The molecule has 1 unspecified atom stereocenters. The second-order valence-electron chi connectivity index (χ2n) is 4.59. The van der Waals surface area contributed by atoms with Crippen molar-refractivity contribution in [1.82, 2.24) is 4.98 Å². The molecule has 3 aromatic rings. The molecule has 1 heterocycles. The Labute approximate surface area is 128 Å². The number of anilines is 1. The first kappa shape index (κ1) is 13.6. The van der Waals surface area contributed by atoms with Crippen molar-refractivity contribution in [3.05, 3.63) is 76.7 Å². The third-order valence-electron chi connectivity index (χ3n) is 3.23. The van der Waals surface area contributed by atoms with E-state index in [2.05, 4.69) is 22.4 Å². The summed E-state index contributed by atoms with van der Waals surface area (Å²) in [6.07, 6.45) is 1.84. The Balaban J connectivity index is 1.89. The number of benzene rings is 2. The average molecular weight is 296 g/mol. The van der Waals surface area contributed by atoms with Crippen LogP contribution in [0.4, 0.5) is 5.69 Å². The number of nitrogens with zero attached hydrogens (tertiary/aromatic N) is 1. The SMILES string of the molecule is COc1ccc(NC(c2ccccc2)c2nccs2)cc1. The molecule has 2 aromatic carbocycles. The third-order valence-corrected chi connectivity index (χ3v) is 4.07. The topological polar surface area (TPSA) is 34.1 Å². The lowest BCUT2D eigenvalue weighted by Gasteiger charge is -2.18. The molecular formula is C17H16N2OS. The Morgan fingerprint density at radius 1 is 1.05 bits per heavy atom. The number of ether oxygens (including phenoxy) is 1. The fourth-order valence-electron chi connectivity index (χ4n) is 2.16. The first-order chi connectivity index (χ1) is 10.4. The number of nitrogens with one attached hydrogen (secondary N) is 1. The number of methoxy groups -OCH3 is 1. The normalized spacial score (nSPS) is 11.9. The van der Waals surface area contributed by atoms with Gasteiger partial charge in [0.1, 0.15) is 16.8 Å². The maximum Gasteiger partial charge on any atom is 0.119 e. The van der Waals surface area contributed by atoms with E-state index in [-0.39, 0.29) is 6.04 Å². The molecule has 0 spiro atoms. The zero-order valence-electron chi connectivity index (χ0n) is 11.7. The summed E-state index contributed by atoms with van der Waals surface area (Å²) < 4.78 is 5.19. The average Bonchev–Trinajstić information content (AvgIpc) is 3.08. The minimum atomic E-state index is 0.0552. The number of thiazole rings is 1. The Kier molecular flexibility index (Phi) is 4.17. The van der Waals surface area contributed by atoms with Crippen LogP contribution >= 0.6 is 11.3 Å². The molecule has 0 fully saturated rings. The summed E-state index contributed by atoms with van der Waals surface area (Å²) in [4.78, 5) is 4.45. The van der Waals surface area contributed by atoms with Gasteiger partial charge < -0.3 is 10.1 Å². The molecule has 3 rings (SSSR count). The second-order valence-corrected chi connectivity index (χ2v) is 5.51. The molecule has 4 heteroatoms. The van der Waals surface area contributed by atoms with Crippen molar-refractivity contribution in [2.75, 3.05) is 12.4 Å². The number of aromatic nitrogens is 1. The van der Waals surface area contributed by atoms with Crippen LogP contribution in [0, 0.1) is 0 Å². The Bertz CT molecular complexity index is 666. The molecule has 0 saturated heterocycles. The molecule has 0 radical (unpaired) electrons. The van der Waals surface area contributed by atoms with E-state index < -0.39 is 0 Å². The molecule has 0 aliphatic carbocycles. The molecule has 0 bridgehead atoms. The molecule has 1 atom stereocenters. The summed E-state index contributed by atoms with van der Waals surface area (Å²) in [5.41, 5.74) is 2.24. The van der Waals surface area contributed by atoms with Gasteiger partial charge in [-0.1, -0.05) is 30.3 Å². The second kappa shape index (κ2) is 6.41. The lowest BCUT2D eigenvalue weighted by Crippen LogP contribution is -2.11. The van der Waals surface area contributed by atoms with Crippen LogP contribution in [0.15, 0.2) is 66.2 Å². The van der Waals surface area contributed by atoms with E-state index in [4.69, 9.17) is 4.74 Å². The highest BCUT2D eigenvalue weighted by atomic mass is 32.1. The van der Waals surface area contributed by atoms with Crippen molar-refractivity contribution < 1.29 is 4.74 Å². The number of hydrogen-bond donors (Lipinski definition) is 1. The molecule has 0 aliphatic heterocycles. The molecule has 0 saturated carbocycles. The van der Waals surface area contributed by atoms with Crippen LogP contribution in [-0.2, 0) is 0 Å². The molecule has 106 valence electrons. The van der Waals surface area contributed by atoms with Gasteiger partial charge in [-0.05, 0) is 29.8 Å². The fourth-order valence-corrected chi connectivity index (χ4v) is 2.88. The third kappa shape index (κ3) is 3.23. The molecule has 0 amide bonds. The van der Waals surface area contributed by atoms with E-state index in [1.165, 1.54) is 5.56 Å². The van der Waals surface area contributed by atoms with Gasteiger partial charge in [0.2, 0.25) is 0 Å². The standard InChI is InChI=1S/C17H16N2OS/c1-20-15-9-7-14(8-10-15)19-16(17-18-11-12-21-17)13-5-3-2-4-6-13/h2-12,16,19H,1H3. The van der Waals surface area contributed by atoms with Gasteiger partial charge in [0.25, 0.3) is 0 Å². The summed E-state index contributed by atoms with van der Waals surface area (Å²) in [5.74, 6) is 0.853. The monoisotopic (exact) mass is 296 g/mol. The van der Waals surface area contributed by atoms with Crippen LogP contribution < -0.4 is 10.1 Å². The summed E-state index contributed by atoms with van der Waals surface area (Å²) in [6.45, 7) is 0. The summed E-state index contributed by atoms with van der Waals surface area (Å²) in [7, 11) is 1.67. The molecular weight excluding hydrogens is 280 g/mol. The van der Waals surface area contributed by atoms with E-state index in [0.29, 0.717) is 0 Å². The smallest absolute Gasteiger partial charge is 0.119 e. The first-order valence-corrected chi connectivity index (χ1v) is 7.60. The van der Waals surface area contributed by atoms with Gasteiger partial charge in [-0.15, -0.1) is 11.3 Å². The quantitative estimate of drug-likeness (QED) is 0.760. The highest BCUT2D eigenvalue weighted by Crippen LogP contribution is 2.28. The predicted octanol–water partition coefficient (Wildman–Crippen LogP) is 4.35. The zero-order valence-corrected chi connectivity index (χ0v) is 12.5. The predicted molar refractivity (Wildman–Crippen MR) is 87.0 cm³/mol. The lowest BCUT2D eigenvalue weighted by atomic mass is 10.1. The van der Waals surface area contributed by atoms with Gasteiger partial charge in [0.15, 0.2) is 0 Å². The van der Waals surface area contributed by atoms with Crippen molar-refractivity contribution in [3.8, 4) is 5.75 Å². The lowest BCUT2D eigenvalue weighted by molar-refractivity contribution is 0.415. The van der Waals surface area contributed by atoms with Gasteiger partial charge in [-0.25, -0.2) is 4.98 Å². The summed E-state index contributed by atoms with van der Waals surface area (Å²) >= 11 is 1.65. The summed E-state index contributed by atoms with van der Waals surface area (Å²) in [6, 6.07) is 18.3. The van der Waals surface area contributed by atoms with Crippen LogP contribution in [0.3, 0.4) is 0 Å². The number of rotatable bonds is 5. The van der Waals surface area contributed by atoms with Crippen molar-refractivity contribution in [2.45, 2.75) is 6.04 Å². The largest absolute Gasteiger partial charge is 0.497 e. The van der Waals surface area contributed by atoms with Crippen LogP contribution in [0.5, 0.6) is 5.75 Å². The van der Waals surface area contributed by atoms with E-state index >= 15 is 0 Å². The Morgan fingerprint density at radius 2 is 1.81 bits per heavy atom. The van der Waals surface area contributed by atoms with Crippen molar-refractivity contribution in [2.24, 2.45) is 0 Å². The molecule has 1 N–H and O–H groups in total. The minimum absolute atomic E-state index is 0.0552. The maximum absolute atomic E-state index is 5.19. The molecule has 21 heavy (non-hydrogen) atoms. The van der Waals surface area contributed by atoms with Gasteiger partial charge in [-0.2, -0.15) is 0 Å². The van der Waals surface area contributed by atoms with Crippen LogP contribution in [-0.4, -0.2) is 12.1 Å². The van der Waals surface area contributed by atoms with Gasteiger partial charge in [0, 0.05) is 17.3 Å². The number of hydrogen-bond acceptors (Lipinski definition) is 4. The van der Waals surface area contributed by atoms with E-state index in [0.717, 1.165) is 16.4 Å². The van der Waals surface area contributed by atoms with Crippen LogP contribution in [0.25, 0.3) is 0 Å². The highest BCUT2D eigenvalue weighted by molar-refractivity contribution is 7.09. The van der Waals surface area contributed by atoms with E-state index in [1.807, 2.05) is 54.0 Å². The van der Waals surface area contributed by atoms with Crippen molar-refractivity contribution >= 4 is 17.0 Å².